The van der Waals surface area contributed by atoms with E-state index in [0.29, 0.717) is 0 Å². The van der Waals surface area contributed by atoms with Crippen LogP contribution in [0.2, 0.25) is 0 Å². The van der Waals surface area contributed by atoms with E-state index < -0.39 is 0 Å². The third-order valence-corrected chi connectivity index (χ3v) is 3.29. The molecule has 1 aromatic rings. The van der Waals surface area contributed by atoms with Crippen LogP contribution >= 0.6 is 11.5 Å². The lowest BCUT2D eigenvalue weighted by atomic mass is 10.1. The molecule has 1 aliphatic carbocycles. The van der Waals surface area contributed by atoms with Crippen molar-refractivity contribution in [2.45, 2.75) is 44.4 Å². The van der Waals surface area contributed by atoms with Gasteiger partial charge >= 0.3 is 0 Å². The molecule has 0 spiro atoms. The first-order chi connectivity index (χ1) is 6.77. The molecule has 0 aromatic carbocycles. The topological polar surface area (TPSA) is 58.0 Å². The van der Waals surface area contributed by atoms with Gasteiger partial charge in [0.15, 0.2) is 0 Å². The summed E-state index contributed by atoms with van der Waals surface area (Å²) in [5, 5.41) is 19.0. The van der Waals surface area contributed by atoms with E-state index in [1.165, 1.54) is 11.5 Å². The number of aliphatic hydroxyl groups is 1. The van der Waals surface area contributed by atoms with E-state index in [9.17, 15) is 5.11 Å². The lowest BCUT2D eigenvalue weighted by Crippen LogP contribution is -2.37. The van der Waals surface area contributed by atoms with Crippen molar-refractivity contribution in [1.29, 1.82) is 0 Å². The van der Waals surface area contributed by atoms with Gasteiger partial charge in [0.1, 0.15) is 0 Å². The number of nitrogens with one attached hydrogen (secondary N) is 1. The molecule has 0 bridgehead atoms. The number of rotatable bonds is 3. The third kappa shape index (κ3) is 2.10. The molecule has 1 aliphatic rings. The Morgan fingerprint density at radius 3 is 3.07 bits per heavy atom. The van der Waals surface area contributed by atoms with Gasteiger partial charge in [0.2, 0.25) is 0 Å². The molecule has 2 rings (SSSR count). The van der Waals surface area contributed by atoms with Crippen molar-refractivity contribution in [3.63, 3.8) is 0 Å². The molecule has 78 valence electrons. The molecule has 14 heavy (non-hydrogen) atoms. The van der Waals surface area contributed by atoms with Crippen LogP contribution in [0.15, 0.2) is 5.38 Å². The monoisotopic (exact) mass is 213 g/mol. The normalized spacial score (nSPS) is 29.3. The van der Waals surface area contributed by atoms with Gasteiger partial charge in [-0.3, -0.25) is 0 Å². The van der Waals surface area contributed by atoms with Gasteiger partial charge in [-0.05, 0) is 37.7 Å². The minimum absolute atomic E-state index is 0.187. The summed E-state index contributed by atoms with van der Waals surface area (Å²) in [6, 6.07) is 0.415. The molecule has 0 aliphatic heterocycles. The number of aromatic nitrogens is 2. The molecule has 3 atom stereocenters. The summed E-state index contributed by atoms with van der Waals surface area (Å²) in [5.74, 6) is 0. The van der Waals surface area contributed by atoms with Crippen LogP contribution in [0.25, 0.3) is 0 Å². The fraction of sp³-hybridized carbons (Fsp3) is 0.778. The summed E-state index contributed by atoms with van der Waals surface area (Å²) < 4.78 is 3.83. The molecule has 5 heteroatoms. The maximum absolute atomic E-state index is 9.64. The predicted molar refractivity (Wildman–Crippen MR) is 55.1 cm³/mol. The van der Waals surface area contributed by atoms with Gasteiger partial charge in [0.25, 0.3) is 0 Å². The van der Waals surface area contributed by atoms with Crippen molar-refractivity contribution >= 4 is 11.5 Å². The fourth-order valence-corrected chi connectivity index (χ4v) is 2.45. The highest BCUT2D eigenvalue weighted by Gasteiger charge is 2.26. The molecule has 1 heterocycles. The lowest BCUT2D eigenvalue weighted by molar-refractivity contribution is 0.143. The van der Waals surface area contributed by atoms with E-state index >= 15 is 0 Å². The van der Waals surface area contributed by atoms with Crippen molar-refractivity contribution in [2.75, 3.05) is 0 Å². The van der Waals surface area contributed by atoms with Gasteiger partial charge < -0.3 is 10.4 Å². The Balaban J connectivity index is 1.91. The van der Waals surface area contributed by atoms with E-state index in [-0.39, 0.29) is 18.2 Å². The standard InChI is InChI=1S/C9H15N3OS/c1-6(8-5-14-12-11-8)10-7-3-2-4-9(7)13/h5-7,9-10,13H,2-4H2,1H3. The molecule has 0 amide bonds. The average Bonchev–Trinajstić information content (AvgIpc) is 2.77. The van der Waals surface area contributed by atoms with Crippen LogP contribution < -0.4 is 5.32 Å². The van der Waals surface area contributed by atoms with Gasteiger partial charge in [-0.25, -0.2) is 0 Å². The van der Waals surface area contributed by atoms with Crippen LogP contribution in [-0.2, 0) is 0 Å². The second-order valence-corrected chi connectivity index (χ2v) is 4.43. The molecule has 0 saturated heterocycles. The Morgan fingerprint density at radius 2 is 2.50 bits per heavy atom. The van der Waals surface area contributed by atoms with E-state index in [4.69, 9.17) is 0 Å². The Hall–Kier alpha value is -0.520. The first-order valence-corrected chi connectivity index (χ1v) is 5.82. The zero-order chi connectivity index (χ0) is 9.97. The number of aliphatic hydroxyl groups excluding tert-OH is 1. The Kier molecular flexibility index (Phi) is 3.10. The largest absolute Gasteiger partial charge is 0.392 e. The summed E-state index contributed by atoms with van der Waals surface area (Å²) in [7, 11) is 0. The van der Waals surface area contributed by atoms with Gasteiger partial charge in [-0.2, -0.15) is 0 Å². The third-order valence-electron chi connectivity index (χ3n) is 2.76. The summed E-state index contributed by atoms with van der Waals surface area (Å²) in [5.41, 5.74) is 0.967. The van der Waals surface area contributed by atoms with Crippen molar-refractivity contribution in [3.8, 4) is 0 Å². The van der Waals surface area contributed by atoms with Crippen molar-refractivity contribution in [2.24, 2.45) is 0 Å². The fourth-order valence-electron chi connectivity index (χ4n) is 1.90. The smallest absolute Gasteiger partial charge is 0.0921 e. The first-order valence-electron chi connectivity index (χ1n) is 4.98. The molecule has 2 N–H and O–H groups in total. The maximum Gasteiger partial charge on any atom is 0.0921 e. The van der Waals surface area contributed by atoms with Gasteiger partial charge in [-0.1, -0.05) is 4.49 Å². The molecule has 3 unspecified atom stereocenters. The highest BCUT2D eigenvalue weighted by Crippen LogP contribution is 2.22. The molecule has 0 radical (unpaired) electrons. The van der Waals surface area contributed by atoms with Gasteiger partial charge in [-0.15, -0.1) is 5.10 Å². The molecule has 1 fully saturated rings. The predicted octanol–water partition coefficient (Wildman–Crippen LogP) is 1.10. The Labute approximate surface area is 87.5 Å². The highest BCUT2D eigenvalue weighted by molar-refractivity contribution is 7.03. The van der Waals surface area contributed by atoms with Crippen molar-refractivity contribution in [3.05, 3.63) is 11.1 Å². The number of hydrogen-bond donors (Lipinski definition) is 2. The molecular formula is C9H15N3OS. The summed E-state index contributed by atoms with van der Waals surface area (Å²) in [6.07, 6.45) is 2.90. The highest BCUT2D eigenvalue weighted by atomic mass is 32.1. The first kappa shape index (κ1) is 10.0. The zero-order valence-electron chi connectivity index (χ0n) is 8.18. The quantitative estimate of drug-likeness (QED) is 0.789. The summed E-state index contributed by atoms with van der Waals surface area (Å²) in [6.45, 7) is 2.06. The maximum atomic E-state index is 9.64. The van der Waals surface area contributed by atoms with Crippen molar-refractivity contribution in [1.82, 2.24) is 14.9 Å². The van der Waals surface area contributed by atoms with Crippen molar-refractivity contribution < 1.29 is 5.11 Å². The van der Waals surface area contributed by atoms with E-state index in [1.807, 2.05) is 5.38 Å². The van der Waals surface area contributed by atoms with Crippen LogP contribution in [0.3, 0.4) is 0 Å². The summed E-state index contributed by atoms with van der Waals surface area (Å²) >= 11 is 1.36. The Morgan fingerprint density at radius 1 is 1.64 bits per heavy atom. The molecule has 1 aromatic heterocycles. The summed E-state index contributed by atoms with van der Waals surface area (Å²) in [4.78, 5) is 0. The minimum atomic E-state index is -0.191. The molecular weight excluding hydrogens is 198 g/mol. The number of nitrogens with zero attached hydrogens (tertiary/aromatic N) is 2. The average molecular weight is 213 g/mol. The second-order valence-electron chi connectivity index (χ2n) is 3.82. The van der Waals surface area contributed by atoms with E-state index in [2.05, 4.69) is 21.8 Å². The van der Waals surface area contributed by atoms with Crippen LogP contribution in [-0.4, -0.2) is 26.8 Å². The lowest BCUT2D eigenvalue weighted by Gasteiger charge is -2.20. The Bertz CT molecular complexity index is 278. The van der Waals surface area contributed by atoms with Crippen LogP contribution in [0, 0.1) is 0 Å². The van der Waals surface area contributed by atoms with Crippen LogP contribution in [0.5, 0.6) is 0 Å². The van der Waals surface area contributed by atoms with Crippen LogP contribution in [0.1, 0.15) is 37.9 Å². The zero-order valence-corrected chi connectivity index (χ0v) is 9.00. The molecule has 4 nitrogen and oxygen atoms in total. The minimum Gasteiger partial charge on any atom is -0.392 e. The van der Waals surface area contributed by atoms with Gasteiger partial charge in [0, 0.05) is 17.5 Å². The number of hydrogen-bond acceptors (Lipinski definition) is 5. The van der Waals surface area contributed by atoms with E-state index in [1.54, 1.807) is 0 Å². The van der Waals surface area contributed by atoms with E-state index in [0.717, 1.165) is 25.0 Å². The van der Waals surface area contributed by atoms with Gasteiger partial charge in [0.05, 0.1) is 11.8 Å². The second kappa shape index (κ2) is 4.33. The van der Waals surface area contributed by atoms with Crippen LogP contribution in [0.4, 0.5) is 0 Å². The SMILES string of the molecule is CC(NC1CCCC1O)c1csnn1. The molecule has 1 saturated carbocycles.